The molecule has 0 saturated heterocycles. The number of hydrogen-bond acceptors (Lipinski definition) is 5. The Balaban J connectivity index is 1.52. The Labute approximate surface area is 248 Å². The van der Waals surface area contributed by atoms with Crippen LogP contribution in [-0.2, 0) is 29.6 Å². The molecule has 0 aliphatic heterocycles. The summed E-state index contributed by atoms with van der Waals surface area (Å²) in [5.74, 6) is -1.44. The number of hydrazine groups is 1. The van der Waals surface area contributed by atoms with Gasteiger partial charge in [-0.25, -0.2) is 0 Å². The van der Waals surface area contributed by atoms with E-state index >= 15 is 0 Å². The summed E-state index contributed by atoms with van der Waals surface area (Å²) >= 11 is 10.9. The summed E-state index contributed by atoms with van der Waals surface area (Å²) in [6, 6.07) is 14.9. The maximum atomic E-state index is 13.4. The predicted molar refractivity (Wildman–Crippen MR) is 158 cm³/mol. The van der Waals surface area contributed by atoms with E-state index in [2.05, 4.69) is 32.4 Å². The number of amides is 3. The van der Waals surface area contributed by atoms with Crippen molar-refractivity contribution in [3.05, 3.63) is 83.8 Å². The highest BCUT2D eigenvalue weighted by atomic mass is 35.5. The highest BCUT2D eigenvalue weighted by molar-refractivity contribution is 6.53. The zero-order valence-corrected chi connectivity index (χ0v) is 24.4. The summed E-state index contributed by atoms with van der Waals surface area (Å²) in [6.07, 6.45) is 6.01. The highest BCUT2D eigenvalue weighted by Crippen LogP contribution is 2.30. The third kappa shape index (κ3) is 7.74. The van der Waals surface area contributed by atoms with Crippen LogP contribution in [0.2, 0.25) is 0 Å². The van der Waals surface area contributed by atoms with Crippen molar-refractivity contribution in [2.75, 3.05) is 0 Å². The number of nitrogens with zero attached hydrogens (tertiary/aromatic N) is 4. The van der Waals surface area contributed by atoms with E-state index in [0.29, 0.717) is 11.1 Å². The Morgan fingerprint density at radius 3 is 2.44 bits per heavy atom. The molecule has 0 aliphatic rings. The van der Waals surface area contributed by atoms with E-state index in [9.17, 15) is 14.4 Å². The van der Waals surface area contributed by atoms with Crippen LogP contribution in [0.5, 0.6) is 0 Å². The molecule has 0 spiro atoms. The van der Waals surface area contributed by atoms with Crippen molar-refractivity contribution >= 4 is 40.9 Å². The fourth-order valence-electron chi connectivity index (χ4n) is 4.29. The third-order valence-corrected chi connectivity index (χ3v) is 6.90. The van der Waals surface area contributed by atoms with Crippen molar-refractivity contribution in [3.8, 4) is 22.4 Å². The van der Waals surface area contributed by atoms with Gasteiger partial charge in [0.05, 0.1) is 17.9 Å². The SMILES string of the molecule is CCn1ccc(-c2cc(-c3cnn(C)c3)cc([C@@H](C)NC(=O)c3ccccc3CCC(=O)NNC(=O)C(Cl)Cl)c2)n1. The molecule has 0 fully saturated rings. The molecule has 0 bridgehead atoms. The van der Waals surface area contributed by atoms with Crippen LogP contribution in [0.1, 0.15) is 47.8 Å². The Morgan fingerprint density at radius 2 is 1.76 bits per heavy atom. The van der Waals surface area contributed by atoms with E-state index < -0.39 is 16.7 Å². The predicted octanol–water partition coefficient (Wildman–Crippen LogP) is 4.35. The lowest BCUT2D eigenvalue weighted by molar-refractivity contribution is -0.128. The van der Waals surface area contributed by atoms with E-state index in [1.165, 1.54) is 0 Å². The Morgan fingerprint density at radius 1 is 1.00 bits per heavy atom. The van der Waals surface area contributed by atoms with E-state index in [4.69, 9.17) is 23.2 Å². The van der Waals surface area contributed by atoms with Crippen LogP contribution >= 0.6 is 23.2 Å². The van der Waals surface area contributed by atoms with Gasteiger partial charge >= 0.3 is 0 Å². The average molecular weight is 597 g/mol. The molecule has 2 heterocycles. The van der Waals surface area contributed by atoms with Gasteiger partial charge in [0.1, 0.15) is 0 Å². The van der Waals surface area contributed by atoms with E-state index in [1.807, 2.05) is 56.2 Å². The molecule has 1 atom stereocenters. The number of halogens is 2. The first kappa shape index (κ1) is 29.8. The van der Waals surface area contributed by atoms with Crippen molar-refractivity contribution in [1.29, 1.82) is 0 Å². The number of carbonyl (C=O) groups is 3. The van der Waals surface area contributed by atoms with E-state index in [-0.39, 0.29) is 24.8 Å². The molecule has 2 aromatic heterocycles. The molecule has 4 rings (SSSR count). The summed E-state index contributed by atoms with van der Waals surface area (Å²) < 4.78 is 3.62. The Bertz CT molecular complexity index is 1550. The number of nitrogens with one attached hydrogen (secondary N) is 3. The maximum Gasteiger partial charge on any atom is 0.271 e. The third-order valence-electron chi connectivity index (χ3n) is 6.51. The molecule has 3 N–H and O–H groups in total. The maximum absolute atomic E-state index is 13.4. The van der Waals surface area contributed by atoms with Gasteiger partial charge in [-0.1, -0.05) is 41.4 Å². The van der Waals surface area contributed by atoms with Gasteiger partial charge < -0.3 is 5.32 Å². The second-order valence-corrected chi connectivity index (χ2v) is 10.6. The van der Waals surface area contributed by atoms with Gasteiger partial charge in [-0.15, -0.1) is 0 Å². The first-order chi connectivity index (χ1) is 19.6. The second-order valence-electron chi connectivity index (χ2n) is 9.49. The van der Waals surface area contributed by atoms with Crippen LogP contribution < -0.4 is 16.2 Å². The standard InChI is InChI=1S/C29H31Cl2N7O3/c1-4-38-12-11-25(36-38)22-14-20(13-21(15-22)23-16-32-37(3)17-23)18(2)33-28(40)24-8-6-5-7-19(24)9-10-26(39)34-35-29(41)27(30)31/h5-8,11-18,27H,4,9-10H2,1-3H3,(H,33,40)(H,34,39)(H,35,41)/t18-/m1/s1. The molecule has 0 radical (unpaired) electrons. The topological polar surface area (TPSA) is 123 Å². The van der Waals surface area contributed by atoms with Crippen molar-refractivity contribution in [2.24, 2.45) is 7.05 Å². The average Bonchev–Trinajstić information content (AvgIpc) is 3.64. The molecular weight excluding hydrogens is 565 g/mol. The number of carbonyl (C=O) groups excluding carboxylic acids is 3. The number of hydrogen-bond donors (Lipinski definition) is 3. The fraction of sp³-hybridized carbons (Fsp3) is 0.276. The zero-order chi connectivity index (χ0) is 29.5. The summed E-state index contributed by atoms with van der Waals surface area (Å²) in [6.45, 7) is 4.72. The van der Waals surface area contributed by atoms with Crippen LogP contribution in [0.4, 0.5) is 0 Å². The van der Waals surface area contributed by atoms with Crippen LogP contribution in [0.25, 0.3) is 22.4 Å². The Hall–Kier alpha value is -4.15. The minimum absolute atomic E-state index is 0.0380. The van der Waals surface area contributed by atoms with Gasteiger partial charge in [-0.05, 0) is 67.3 Å². The number of alkyl halides is 2. The fourth-order valence-corrected chi connectivity index (χ4v) is 4.40. The molecule has 10 nitrogen and oxygen atoms in total. The lowest BCUT2D eigenvalue weighted by atomic mass is 9.96. The van der Waals surface area contributed by atoms with Gasteiger partial charge in [-0.2, -0.15) is 10.2 Å². The van der Waals surface area contributed by atoms with Gasteiger partial charge in [-0.3, -0.25) is 34.6 Å². The Kier molecular flexibility index (Phi) is 9.80. The number of benzene rings is 2. The molecule has 41 heavy (non-hydrogen) atoms. The summed E-state index contributed by atoms with van der Waals surface area (Å²) in [7, 11) is 1.87. The largest absolute Gasteiger partial charge is 0.346 e. The molecule has 4 aromatic rings. The summed E-state index contributed by atoms with van der Waals surface area (Å²) in [4.78, 5) is 35.8. The molecule has 0 saturated carbocycles. The molecule has 3 amide bonds. The first-order valence-corrected chi connectivity index (χ1v) is 13.9. The van der Waals surface area contributed by atoms with Gasteiger partial charge in [0, 0.05) is 49.1 Å². The number of aromatic nitrogens is 4. The van der Waals surface area contributed by atoms with Crippen LogP contribution in [0, 0.1) is 0 Å². The minimum Gasteiger partial charge on any atom is -0.346 e. The van der Waals surface area contributed by atoms with Crippen LogP contribution in [0.15, 0.2) is 67.1 Å². The molecule has 0 aliphatic carbocycles. The highest BCUT2D eigenvalue weighted by Gasteiger charge is 2.18. The normalized spacial score (nSPS) is 11.8. The van der Waals surface area contributed by atoms with Crippen LogP contribution in [0.3, 0.4) is 0 Å². The molecule has 0 unspecified atom stereocenters. The molecule has 12 heteroatoms. The summed E-state index contributed by atoms with van der Waals surface area (Å²) in [5.41, 5.74) is 10.2. The lowest BCUT2D eigenvalue weighted by Crippen LogP contribution is -2.44. The van der Waals surface area contributed by atoms with Crippen molar-refractivity contribution in [3.63, 3.8) is 0 Å². The first-order valence-electron chi connectivity index (χ1n) is 13.1. The van der Waals surface area contributed by atoms with Crippen LogP contribution in [-0.4, -0.2) is 42.1 Å². The monoisotopic (exact) mass is 595 g/mol. The zero-order valence-electron chi connectivity index (χ0n) is 22.9. The molecule has 214 valence electrons. The van der Waals surface area contributed by atoms with E-state index in [1.54, 1.807) is 35.1 Å². The minimum atomic E-state index is -1.29. The molecular formula is C29H31Cl2N7O3. The van der Waals surface area contributed by atoms with Crippen molar-refractivity contribution in [1.82, 2.24) is 35.7 Å². The van der Waals surface area contributed by atoms with Gasteiger partial charge in [0.15, 0.2) is 4.84 Å². The van der Waals surface area contributed by atoms with Crippen molar-refractivity contribution in [2.45, 2.75) is 44.1 Å². The quantitative estimate of drug-likeness (QED) is 0.186. The van der Waals surface area contributed by atoms with Gasteiger partial charge in [0.25, 0.3) is 11.8 Å². The van der Waals surface area contributed by atoms with Crippen molar-refractivity contribution < 1.29 is 14.4 Å². The summed E-state index contributed by atoms with van der Waals surface area (Å²) in [5, 5.41) is 12.1. The lowest BCUT2D eigenvalue weighted by Gasteiger charge is -2.18. The smallest absolute Gasteiger partial charge is 0.271 e. The van der Waals surface area contributed by atoms with E-state index in [0.717, 1.165) is 34.5 Å². The number of rotatable bonds is 10. The number of aryl methyl sites for hydroxylation is 3. The van der Waals surface area contributed by atoms with Gasteiger partial charge in [0.2, 0.25) is 5.91 Å². The second kappa shape index (κ2) is 13.5. The molecule has 2 aromatic carbocycles.